The molecule has 0 aliphatic rings. The number of ether oxygens (including phenoxy) is 1. The first-order valence-electron chi connectivity index (χ1n) is 11.1. The van der Waals surface area contributed by atoms with Gasteiger partial charge in [0, 0.05) is 38.6 Å². The van der Waals surface area contributed by atoms with E-state index in [2.05, 4.69) is 36.3 Å². The first-order valence-corrected chi connectivity index (χ1v) is 11.1. The van der Waals surface area contributed by atoms with Gasteiger partial charge in [-0.05, 0) is 26.2 Å². The molecule has 0 unspecified atom stereocenters. The number of benzene rings is 2. The van der Waals surface area contributed by atoms with E-state index in [1.54, 1.807) is 17.9 Å². The topological polar surface area (TPSA) is 121 Å². The molecule has 10 heteroatoms. The lowest BCUT2D eigenvalue weighted by Gasteiger charge is -2.24. The van der Waals surface area contributed by atoms with Crippen molar-refractivity contribution < 1.29 is 4.74 Å². The molecule has 2 heterocycles. The van der Waals surface area contributed by atoms with Gasteiger partial charge in [0.15, 0.2) is 0 Å². The number of nitrogens with zero attached hydrogens (tertiary/aromatic N) is 7. The monoisotopic (exact) mass is 471 g/mol. The highest BCUT2D eigenvalue weighted by Crippen LogP contribution is 2.36. The van der Waals surface area contributed by atoms with Crippen LogP contribution in [0.25, 0.3) is 22.3 Å². The van der Waals surface area contributed by atoms with Crippen LogP contribution in [0.2, 0.25) is 0 Å². The highest BCUT2D eigenvalue weighted by atomic mass is 16.5. The van der Waals surface area contributed by atoms with Crippen molar-refractivity contribution in [3.05, 3.63) is 48.2 Å². The standard InChI is InChI=1S/C25H29N9O/c1-32(2)10-11-33(3)21-13-22(35-5)19(12-18(21)27)29-25-28-15-16(14-26)23(30-25)24-17-8-6-7-9-20(17)34(4)31-24/h6-9,12-13,15H,10-11,27H2,1-5H3,(H,28,29,30). The summed E-state index contributed by atoms with van der Waals surface area (Å²) >= 11 is 0. The summed E-state index contributed by atoms with van der Waals surface area (Å²) in [6, 6.07) is 13.7. The van der Waals surface area contributed by atoms with Crippen molar-refractivity contribution in [2.75, 3.05) is 57.3 Å². The van der Waals surface area contributed by atoms with Crippen LogP contribution < -0.4 is 20.7 Å². The molecule has 0 saturated carbocycles. The molecule has 0 aliphatic carbocycles. The number of hydrogen-bond donors (Lipinski definition) is 2. The molecule has 10 nitrogen and oxygen atoms in total. The molecule has 4 rings (SSSR count). The molecular formula is C25H29N9O. The maximum Gasteiger partial charge on any atom is 0.227 e. The highest BCUT2D eigenvalue weighted by Gasteiger charge is 2.18. The predicted octanol–water partition coefficient (Wildman–Crippen LogP) is 3.23. The van der Waals surface area contributed by atoms with E-state index in [1.165, 1.54) is 6.20 Å². The van der Waals surface area contributed by atoms with Crippen LogP contribution in [0.15, 0.2) is 42.6 Å². The highest BCUT2D eigenvalue weighted by molar-refractivity contribution is 5.93. The van der Waals surface area contributed by atoms with Gasteiger partial charge in [0.05, 0.1) is 41.4 Å². The zero-order valence-corrected chi connectivity index (χ0v) is 20.6. The maximum absolute atomic E-state index is 9.69. The normalized spacial score (nSPS) is 11.0. The molecule has 2 aromatic heterocycles. The number of nitrogens with one attached hydrogen (secondary N) is 1. The third-order valence-electron chi connectivity index (χ3n) is 5.78. The van der Waals surface area contributed by atoms with Crippen LogP contribution in [0.5, 0.6) is 5.75 Å². The van der Waals surface area contributed by atoms with Gasteiger partial charge in [0.1, 0.15) is 23.2 Å². The molecular weight excluding hydrogens is 442 g/mol. The molecule has 2 aromatic carbocycles. The van der Waals surface area contributed by atoms with Crippen molar-refractivity contribution in [1.82, 2.24) is 24.6 Å². The first kappa shape index (κ1) is 23.8. The van der Waals surface area contributed by atoms with E-state index >= 15 is 0 Å². The smallest absolute Gasteiger partial charge is 0.227 e. The number of nitriles is 1. The van der Waals surface area contributed by atoms with Gasteiger partial charge < -0.3 is 25.6 Å². The SMILES string of the molecule is COc1cc(N(C)CCN(C)C)c(N)cc1Nc1ncc(C#N)c(-c2nn(C)c3ccccc23)n1. The summed E-state index contributed by atoms with van der Waals surface area (Å²) in [6.45, 7) is 1.70. The Morgan fingerprint density at radius 2 is 1.91 bits per heavy atom. The number of aryl methyl sites for hydroxylation is 1. The lowest BCUT2D eigenvalue weighted by atomic mass is 10.1. The van der Waals surface area contributed by atoms with Crippen molar-refractivity contribution in [3.8, 4) is 23.2 Å². The Hall–Kier alpha value is -4.36. The third-order valence-corrected chi connectivity index (χ3v) is 5.78. The van der Waals surface area contributed by atoms with E-state index in [0.717, 1.165) is 29.7 Å². The van der Waals surface area contributed by atoms with E-state index < -0.39 is 0 Å². The Kier molecular flexibility index (Phi) is 6.71. The van der Waals surface area contributed by atoms with E-state index in [1.807, 2.05) is 58.5 Å². The van der Waals surface area contributed by atoms with Crippen LogP contribution in [-0.2, 0) is 7.05 Å². The molecule has 4 aromatic rings. The minimum atomic E-state index is 0.306. The van der Waals surface area contributed by atoms with Gasteiger partial charge in [-0.2, -0.15) is 10.4 Å². The van der Waals surface area contributed by atoms with Crippen molar-refractivity contribution >= 4 is 33.9 Å². The largest absolute Gasteiger partial charge is 0.494 e. The molecule has 0 radical (unpaired) electrons. The molecule has 0 aliphatic heterocycles. The van der Waals surface area contributed by atoms with Gasteiger partial charge in [0.2, 0.25) is 5.95 Å². The fourth-order valence-electron chi connectivity index (χ4n) is 3.87. The number of nitrogens with two attached hydrogens (primary N) is 1. The van der Waals surface area contributed by atoms with E-state index in [0.29, 0.717) is 40.0 Å². The Labute approximate surface area is 204 Å². The Morgan fingerprint density at radius 3 is 2.63 bits per heavy atom. The molecule has 35 heavy (non-hydrogen) atoms. The van der Waals surface area contributed by atoms with Crippen molar-refractivity contribution in [2.24, 2.45) is 7.05 Å². The molecule has 3 N–H and O–H groups in total. The van der Waals surface area contributed by atoms with E-state index in [-0.39, 0.29) is 0 Å². The minimum absolute atomic E-state index is 0.306. The molecule has 0 spiro atoms. The lowest BCUT2D eigenvalue weighted by Crippen LogP contribution is -2.29. The summed E-state index contributed by atoms with van der Waals surface area (Å²) in [5.74, 6) is 0.906. The van der Waals surface area contributed by atoms with Gasteiger partial charge >= 0.3 is 0 Å². The molecule has 0 atom stereocenters. The molecule has 180 valence electrons. The molecule has 0 fully saturated rings. The summed E-state index contributed by atoms with van der Waals surface area (Å²) in [7, 11) is 9.53. The molecule has 0 amide bonds. The van der Waals surface area contributed by atoms with Crippen molar-refractivity contribution in [1.29, 1.82) is 5.26 Å². The average Bonchev–Trinajstić information content (AvgIpc) is 3.19. The Morgan fingerprint density at radius 1 is 1.14 bits per heavy atom. The van der Waals surface area contributed by atoms with Crippen molar-refractivity contribution in [2.45, 2.75) is 0 Å². The van der Waals surface area contributed by atoms with E-state index in [4.69, 9.17) is 10.5 Å². The number of anilines is 4. The number of likely N-dealkylation sites (N-methyl/N-ethyl adjacent to an activating group) is 2. The van der Waals surface area contributed by atoms with Crippen LogP contribution in [-0.4, -0.2) is 66.0 Å². The minimum Gasteiger partial charge on any atom is -0.494 e. The second-order valence-electron chi connectivity index (χ2n) is 8.52. The van der Waals surface area contributed by atoms with Gasteiger partial charge in [-0.1, -0.05) is 18.2 Å². The van der Waals surface area contributed by atoms with Gasteiger partial charge in [0.25, 0.3) is 0 Å². The number of nitrogen functional groups attached to an aromatic ring is 1. The van der Waals surface area contributed by atoms with Crippen molar-refractivity contribution in [3.63, 3.8) is 0 Å². The van der Waals surface area contributed by atoms with Crippen LogP contribution in [0.3, 0.4) is 0 Å². The lowest BCUT2D eigenvalue weighted by molar-refractivity contribution is 0.413. The fraction of sp³-hybridized carbons (Fsp3) is 0.280. The van der Waals surface area contributed by atoms with E-state index in [9.17, 15) is 5.26 Å². The third kappa shape index (κ3) is 4.81. The molecule has 0 bridgehead atoms. The van der Waals surface area contributed by atoms with Gasteiger partial charge in [-0.3, -0.25) is 4.68 Å². The number of para-hydroxylation sites is 1. The predicted molar refractivity (Wildman–Crippen MR) is 139 cm³/mol. The number of methoxy groups -OCH3 is 1. The van der Waals surface area contributed by atoms with Crippen LogP contribution >= 0.6 is 0 Å². The fourth-order valence-corrected chi connectivity index (χ4v) is 3.87. The molecule has 0 saturated heterocycles. The van der Waals surface area contributed by atoms with Crippen LogP contribution in [0.4, 0.5) is 23.0 Å². The quantitative estimate of drug-likeness (QED) is 0.373. The summed E-state index contributed by atoms with van der Waals surface area (Å²) in [6.07, 6.45) is 1.49. The summed E-state index contributed by atoms with van der Waals surface area (Å²) in [5, 5.41) is 18.4. The first-order chi connectivity index (χ1) is 16.8. The average molecular weight is 472 g/mol. The van der Waals surface area contributed by atoms with Gasteiger partial charge in [-0.25, -0.2) is 9.97 Å². The van der Waals surface area contributed by atoms with Crippen LogP contribution in [0, 0.1) is 11.3 Å². The number of aromatic nitrogens is 4. The van der Waals surface area contributed by atoms with Gasteiger partial charge in [-0.15, -0.1) is 0 Å². The Bertz CT molecular complexity index is 1400. The maximum atomic E-state index is 9.69. The summed E-state index contributed by atoms with van der Waals surface area (Å²) in [4.78, 5) is 13.2. The number of rotatable bonds is 8. The number of fused-ring (bicyclic) bond motifs is 1. The second-order valence-corrected chi connectivity index (χ2v) is 8.52. The summed E-state index contributed by atoms with van der Waals surface area (Å²) in [5.41, 5.74) is 10.8. The Balaban J connectivity index is 1.71. The summed E-state index contributed by atoms with van der Waals surface area (Å²) < 4.78 is 7.41. The second kappa shape index (κ2) is 9.87. The zero-order chi connectivity index (χ0) is 25.1. The zero-order valence-electron chi connectivity index (χ0n) is 20.6. The van der Waals surface area contributed by atoms with Crippen LogP contribution in [0.1, 0.15) is 5.56 Å². The number of hydrogen-bond acceptors (Lipinski definition) is 9.